The summed E-state index contributed by atoms with van der Waals surface area (Å²) in [6, 6.07) is 0. The zero-order valence-electron chi connectivity index (χ0n) is 16.1. The van der Waals surface area contributed by atoms with Crippen LogP contribution in [0.2, 0.25) is 0 Å². The normalized spacial score (nSPS) is 15.7. The molecule has 0 rings (SSSR count). The fourth-order valence-electron chi connectivity index (χ4n) is 2.66. The summed E-state index contributed by atoms with van der Waals surface area (Å²) < 4.78 is 16.0. The Balaban J connectivity index is 5.34. The van der Waals surface area contributed by atoms with Crippen molar-refractivity contribution < 1.29 is 18.5 Å². The Labute approximate surface area is 146 Å². The molecule has 0 aromatic rings. The zero-order chi connectivity index (χ0) is 18.7. The van der Waals surface area contributed by atoms with Crippen LogP contribution in [0.15, 0.2) is 12.8 Å². The number of carbonyl (C=O) groups is 1. The van der Waals surface area contributed by atoms with Crippen molar-refractivity contribution in [2.24, 2.45) is 0 Å². The van der Waals surface area contributed by atoms with E-state index in [4.69, 9.17) is 14.6 Å². The quantitative estimate of drug-likeness (QED) is 0.383. The van der Waals surface area contributed by atoms with E-state index in [0.29, 0.717) is 6.42 Å². The molecule has 0 aliphatic rings. The molecule has 0 aromatic heterocycles. The van der Waals surface area contributed by atoms with E-state index < -0.39 is 32.4 Å². The van der Waals surface area contributed by atoms with Gasteiger partial charge in [-0.15, -0.1) is 5.69 Å². The van der Waals surface area contributed by atoms with Crippen LogP contribution in [0.4, 0.5) is 4.79 Å². The van der Waals surface area contributed by atoms with Gasteiger partial charge in [-0.25, -0.2) is 14.8 Å². The van der Waals surface area contributed by atoms with E-state index in [-0.39, 0.29) is 9.68 Å². The first-order valence-electron chi connectivity index (χ1n) is 7.48. The third-order valence-corrected chi connectivity index (χ3v) is 10.7. The average Bonchev–Trinajstić information content (AvgIpc) is 2.23. The molecule has 0 fully saturated rings. The molecule has 6 heteroatoms. The van der Waals surface area contributed by atoms with Crippen LogP contribution in [0, 0.1) is 5.69 Å². The first-order valence-corrected chi connectivity index (χ1v) is 11.7. The minimum absolute atomic E-state index is 0.111. The Bertz CT molecular complexity index is 510. The molecule has 4 nitrogen and oxygen atoms in total. The maximum Gasteiger partial charge on any atom is 0.513 e. The number of carbonyl (C=O) groups excluding carboxylic acids is 1. The van der Waals surface area contributed by atoms with Gasteiger partial charge >= 0.3 is 6.16 Å². The Morgan fingerprint density at radius 2 is 1.70 bits per heavy atom. The number of thiol groups is 1. The lowest BCUT2D eigenvalue weighted by molar-refractivity contribution is -0.00843. The van der Waals surface area contributed by atoms with Gasteiger partial charge in [0.25, 0.3) is 0 Å². The van der Waals surface area contributed by atoms with Gasteiger partial charge in [0.15, 0.2) is 0 Å². The molecule has 1 unspecified atom stereocenters. The van der Waals surface area contributed by atoms with Crippen LogP contribution in [0.1, 0.15) is 48.0 Å². The van der Waals surface area contributed by atoms with Crippen molar-refractivity contribution in [3.63, 3.8) is 0 Å². The molecule has 0 spiro atoms. The van der Waals surface area contributed by atoms with Gasteiger partial charge in [0.05, 0.1) is 6.26 Å². The highest BCUT2D eigenvalue weighted by atomic mass is 32.3. The highest BCUT2D eigenvalue weighted by molar-refractivity contribution is 8.34. The molecule has 23 heavy (non-hydrogen) atoms. The Morgan fingerprint density at radius 1 is 1.22 bits per heavy atom. The van der Waals surface area contributed by atoms with Crippen molar-refractivity contribution >= 4 is 26.8 Å². The topological polar surface area (TPSA) is 44.8 Å². The van der Waals surface area contributed by atoms with Gasteiger partial charge in [-0.05, 0) is 52.9 Å². The Morgan fingerprint density at radius 3 is 2.09 bits per heavy atom. The number of hydrogen-bond donors (Lipinski definition) is 1. The summed E-state index contributed by atoms with van der Waals surface area (Å²) >= 11 is 0. The van der Waals surface area contributed by atoms with Crippen LogP contribution in [-0.2, 0) is 13.7 Å². The first kappa shape index (κ1) is 22.4. The van der Waals surface area contributed by atoms with Gasteiger partial charge in [-0.3, -0.25) is 0 Å². The van der Waals surface area contributed by atoms with E-state index in [0.717, 1.165) is 6.26 Å². The second-order valence-corrected chi connectivity index (χ2v) is 13.7. The number of ether oxygens (including phenoxy) is 2. The molecule has 0 N–H and O–H groups in total. The maximum absolute atomic E-state index is 11.6. The van der Waals surface area contributed by atoms with E-state index in [9.17, 15) is 4.79 Å². The van der Waals surface area contributed by atoms with Gasteiger partial charge in [0.1, 0.15) is 10.5 Å². The van der Waals surface area contributed by atoms with Crippen LogP contribution in [-0.4, -0.2) is 40.2 Å². The molecule has 1 atom stereocenters. The fraction of sp³-hybridized carbons (Fsp3) is 0.765. The van der Waals surface area contributed by atoms with E-state index in [1.165, 1.54) is 0 Å². The monoisotopic (exact) mass is 366 g/mol. The molecule has 0 aliphatic carbocycles. The summed E-state index contributed by atoms with van der Waals surface area (Å²) in [6.45, 7) is 15.7. The van der Waals surface area contributed by atoms with E-state index in [2.05, 4.69) is 51.5 Å². The SMILES string of the molecule is C#[SH](C)OC(C)(C)S(C)(C)C(C)(C)CC(C)(C)OC(=O)OC=C. The van der Waals surface area contributed by atoms with Gasteiger partial charge < -0.3 is 13.7 Å². The predicted molar refractivity (Wildman–Crippen MR) is 105 cm³/mol. The van der Waals surface area contributed by atoms with Crippen LogP contribution >= 0.6 is 20.6 Å². The van der Waals surface area contributed by atoms with Gasteiger partial charge in [-0.1, -0.05) is 31.0 Å². The number of rotatable bonds is 7. The molecule has 0 saturated carbocycles. The summed E-state index contributed by atoms with van der Waals surface area (Å²) in [5.41, 5.74) is 5.24. The molecular weight excluding hydrogens is 332 g/mol. The summed E-state index contributed by atoms with van der Waals surface area (Å²) in [5, 5.41) is 0. The van der Waals surface area contributed by atoms with E-state index in [1.54, 1.807) is 0 Å². The van der Waals surface area contributed by atoms with Gasteiger partial charge in [-0.2, -0.15) is 0 Å². The third kappa shape index (κ3) is 6.11. The molecule has 0 radical (unpaired) electrons. The van der Waals surface area contributed by atoms with Crippen molar-refractivity contribution in [2.75, 3.05) is 18.8 Å². The Kier molecular flexibility index (Phi) is 7.38. The highest BCUT2D eigenvalue weighted by Gasteiger charge is 2.47. The second-order valence-electron chi connectivity index (χ2n) is 7.70. The molecular formula is C17H34O4S2. The molecule has 0 saturated heterocycles. The van der Waals surface area contributed by atoms with Crippen molar-refractivity contribution in [2.45, 2.75) is 63.2 Å². The summed E-state index contributed by atoms with van der Waals surface area (Å²) in [5.74, 6) is 0. The lowest BCUT2D eigenvalue weighted by Gasteiger charge is -2.57. The maximum atomic E-state index is 11.6. The Hall–Kier alpha value is -0.550. The van der Waals surface area contributed by atoms with Crippen LogP contribution in [0.5, 0.6) is 0 Å². The molecule has 0 heterocycles. The van der Waals surface area contributed by atoms with Crippen LogP contribution < -0.4 is 0 Å². The second kappa shape index (κ2) is 7.56. The molecule has 0 amide bonds. The van der Waals surface area contributed by atoms with Crippen molar-refractivity contribution in [3.05, 3.63) is 12.8 Å². The smallest absolute Gasteiger partial charge is 0.428 e. The minimum Gasteiger partial charge on any atom is -0.428 e. The molecule has 0 bridgehead atoms. The lowest BCUT2D eigenvalue weighted by atomic mass is 9.95. The van der Waals surface area contributed by atoms with Gasteiger partial charge in [0.2, 0.25) is 0 Å². The first-order chi connectivity index (χ1) is 10.1. The summed E-state index contributed by atoms with van der Waals surface area (Å²) in [6.07, 6.45) is 7.39. The van der Waals surface area contributed by atoms with Crippen molar-refractivity contribution in [1.29, 1.82) is 0 Å². The van der Waals surface area contributed by atoms with E-state index >= 15 is 0 Å². The van der Waals surface area contributed by atoms with Crippen LogP contribution in [0.25, 0.3) is 0 Å². The van der Waals surface area contributed by atoms with E-state index in [1.807, 2.05) is 20.1 Å². The number of hydrogen-bond acceptors (Lipinski definition) is 4. The van der Waals surface area contributed by atoms with Crippen molar-refractivity contribution in [3.8, 4) is 5.69 Å². The lowest BCUT2D eigenvalue weighted by Crippen LogP contribution is -2.46. The predicted octanol–water partition coefficient (Wildman–Crippen LogP) is 5.18. The largest absolute Gasteiger partial charge is 0.513 e. The molecule has 0 aromatic carbocycles. The highest BCUT2D eigenvalue weighted by Crippen LogP contribution is 2.65. The standard InChI is InChI=1S/C17H34O4S2/c1-12-19-14(18)20-15(2,3)13-16(4,5)23(10,11)17(6,7)21-22(8)9/h8,12,22H,1,13H2,2-7,9-11H3. The zero-order valence-corrected chi connectivity index (χ0v) is 17.8. The third-order valence-electron chi connectivity index (χ3n) is 4.36. The van der Waals surface area contributed by atoms with Gasteiger partial charge in [0, 0.05) is 4.75 Å². The van der Waals surface area contributed by atoms with Crippen LogP contribution in [0.3, 0.4) is 0 Å². The van der Waals surface area contributed by atoms with Crippen molar-refractivity contribution in [1.82, 2.24) is 0 Å². The average molecular weight is 367 g/mol. The molecule has 0 aliphatic heterocycles. The summed E-state index contributed by atoms with van der Waals surface area (Å²) in [4.78, 5) is 11.2. The fourth-order valence-corrected chi connectivity index (χ4v) is 6.50. The minimum atomic E-state index is -1.25. The summed E-state index contributed by atoms with van der Waals surface area (Å²) in [7, 11) is -2.20. The molecule has 138 valence electrons.